The molecule has 1 atom stereocenters. The van der Waals surface area contributed by atoms with Crippen molar-refractivity contribution in [3.8, 4) is 11.5 Å². The number of methoxy groups -OCH3 is 1. The van der Waals surface area contributed by atoms with E-state index in [9.17, 15) is 0 Å². The maximum Gasteiger partial charge on any atom is 0.128 e. The summed E-state index contributed by atoms with van der Waals surface area (Å²) in [7, 11) is 6.01. The number of hydrogen-bond acceptors (Lipinski definition) is 4. The number of fused-ring (bicyclic) bond motifs is 1. The molecule has 3 rings (SSSR count). The number of nitrogens with zero attached hydrogens (tertiary/aromatic N) is 1. The van der Waals surface area contributed by atoms with Crippen molar-refractivity contribution in [3.05, 3.63) is 23.8 Å². The third kappa shape index (κ3) is 2.27. The highest BCUT2D eigenvalue weighted by Crippen LogP contribution is 2.48. The first-order valence-electron chi connectivity index (χ1n) is 7.38. The lowest BCUT2D eigenvalue weighted by atomic mass is 9.80. The molecule has 0 radical (unpaired) electrons. The second kappa shape index (κ2) is 5.26. The normalized spacial score (nSPS) is 24.3. The lowest BCUT2D eigenvalue weighted by molar-refractivity contribution is -0.0126. The van der Waals surface area contributed by atoms with Crippen LogP contribution in [0.25, 0.3) is 0 Å². The van der Waals surface area contributed by atoms with E-state index in [4.69, 9.17) is 9.47 Å². The predicted octanol–water partition coefficient (Wildman–Crippen LogP) is 2.20. The maximum absolute atomic E-state index is 6.44. The molecule has 0 saturated carbocycles. The van der Waals surface area contributed by atoms with Gasteiger partial charge in [0.25, 0.3) is 0 Å². The van der Waals surface area contributed by atoms with Crippen LogP contribution in [0.2, 0.25) is 0 Å². The molecular weight excluding hydrogens is 252 g/mol. The third-order valence-electron chi connectivity index (χ3n) is 4.61. The molecule has 1 spiro atoms. The van der Waals surface area contributed by atoms with Gasteiger partial charge in [-0.2, -0.15) is 0 Å². The SMILES string of the molecule is COc1cccc2c1C(N(C)C)CC1(CCNCC1)O2. The van der Waals surface area contributed by atoms with Gasteiger partial charge in [-0.1, -0.05) is 6.07 Å². The Morgan fingerprint density at radius 1 is 1.30 bits per heavy atom. The number of benzene rings is 1. The summed E-state index contributed by atoms with van der Waals surface area (Å²) in [6.45, 7) is 2.08. The van der Waals surface area contributed by atoms with Crippen molar-refractivity contribution < 1.29 is 9.47 Å². The average Bonchev–Trinajstić information content (AvgIpc) is 2.46. The van der Waals surface area contributed by atoms with Crippen LogP contribution in [-0.4, -0.2) is 44.8 Å². The molecule has 20 heavy (non-hydrogen) atoms. The standard InChI is InChI=1S/C16H24N2O2/c1-18(2)12-11-16(7-9-17-10-8-16)20-14-6-4-5-13(19-3)15(12)14/h4-6,12,17H,7-11H2,1-3H3. The van der Waals surface area contributed by atoms with E-state index in [1.54, 1.807) is 7.11 Å². The van der Waals surface area contributed by atoms with Gasteiger partial charge in [0, 0.05) is 12.5 Å². The molecule has 4 nitrogen and oxygen atoms in total. The Balaban J connectivity index is 2.03. The van der Waals surface area contributed by atoms with Crippen molar-refractivity contribution in [1.82, 2.24) is 10.2 Å². The Kier molecular flexibility index (Phi) is 3.61. The molecular formula is C16H24N2O2. The lowest BCUT2D eigenvalue weighted by Crippen LogP contribution is -2.50. The smallest absolute Gasteiger partial charge is 0.128 e. The van der Waals surface area contributed by atoms with Gasteiger partial charge in [-0.05, 0) is 52.2 Å². The molecule has 2 aliphatic rings. The molecule has 1 aromatic rings. The van der Waals surface area contributed by atoms with E-state index in [2.05, 4.69) is 30.4 Å². The molecule has 1 saturated heterocycles. The Morgan fingerprint density at radius 2 is 2.05 bits per heavy atom. The van der Waals surface area contributed by atoms with Gasteiger partial charge in [0.2, 0.25) is 0 Å². The quantitative estimate of drug-likeness (QED) is 0.898. The Labute approximate surface area is 121 Å². The number of rotatable bonds is 2. The summed E-state index contributed by atoms with van der Waals surface area (Å²) in [5.74, 6) is 1.93. The van der Waals surface area contributed by atoms with Gasteiger partial charge in [-0.3, -0.25) is 0 Å². The Bertz CT molecular complexity index is 481. The zero-order valence-electron chi connectivity index (χ0n) is 12.6. The highest BCUT2D eigenvalue weighted by atomic mass is 16.5. The van der Waals surface area contributed by atoms with E-state index in [0.29, 0.717) is 6.04 Å². The van der Waals surface area contributed by atoms with Gasteiger partial charge < -0.3 is 19.7 Å². The van der Waals surface area contributed by atoms with Crippen molar-refractivity contribution in [2.45, 2.75) is 30.9 Å². The average molecular weight is 276 g/mol. The van der Waals surface area contributed by atoms with Gasteiger partial charge in [-0.25, -0.2) is 0 Å². The molecule has 4 heteroatoms. The van der Waals surface area contributed by atoms with Crippen molar-refractivity contribution >= 4 is 0 Å². The number of piperidine rings is 1. The van der Waals surface area contributed by atoms with Crippen molar-refractivity contribution in [3.63, 3.8) is 0 Å². The summed E-state index contributed by atoms with van der Waals surface area (Å²) in [5, 5.41) is 3.43. The molecule has 1 aromatic carbocycles. The van der Waals surface area contributed by atoms with E-state index in [1.807, 2.05) is 12.1 Å². The molecule has 110 valence electrons. The molecule has 0 aliphatic carbocycles. The zero-order valence-corrected chi connectivity index (χ0v) is 12.6. The topological polar surface area (TPSA) is 33.7 Å². The maximum atomic E-state index is 6.44. The first-order valence-corrected chi connectivity index (χ1v) is 7.38. The van der Waals surface area contributed by atoms with Gasteiger partial charge in [0.15, 0.2) is 0 Å². The largest absolute Gasteiger partial charge is 0.496 e. The fraction of sp³-hybridized carbons (Fsp3) is 0.625. The van der Waals surface area contributed by atoms with Crippen molar-refractivity contribution in [1.29, 1.82) is 0 Å². The van der Waals surface area contributed by atoms with Crippen molar-refractivity contribution in [2.24, 2.45) is 0 Å². The monoisotopic (exact) mass is 276 g/mol. The van der Waals surface area contributed by atoms with Crippen LogP contribution in [0.5, 0.6) is 11.5 Å². The fourth-order valence-corrected chi connectivity index (χ4v) is 3.48. The fourth-order valence-electron chi connectivity index (χ4n) is 3.48. The minimum absolute atomic E-state index is 0.0143. The highest BCUT2D eigenvalue weighted by Gasteiger charge is 2.43. The van der Waals surface area contributed by atoms with Crippen LogP contribution in [0, 0.1) is 0 Å². The molecule has 1 fully saturated rings. The Morgan fingerprint density at radius 3 is 2.70 bits per heavy atom. The minimum Gasteiger partial charge on any atom is -0.496 e. The van der Waals surface area contributed by atoms with Crippen LogP contribution < -0.4 is 14.8 Å². The molecule has 2 heterocycles. The van der Waals surface area contributed by atoms with Crippen LogP contribution in [0.1, 0.15) is 30.9 Å². The van der Waals surface area contributed by atoms with Crippen LogP contribution in [-0.2, 0) is 0 Å². The summed E-state index contributed by atoms with van der Waals surface area (Å²) in [4.78, 5) is 2.29. The van der Waals surface area contributed by atoms with Gasteiger partial charge in [-0.15, -0.1) is 0 Å². The molecule has 0 bridgehead atoms. The van der Waals surface area contributed by atoms with Gasteiger partial charge >= 0.3 is 0 Å². The second-order valence-corrected chi connectivity index (χ2v) is 6.09. The van der Waals surface area contributed by atoms with Crippen LogP contribution in [0.4, 0.5) is 0 Å². The number of hydrogen-bond donors (Lipinski definition) is 1. The molecule has 0 amide bonds. The lowest BCUT2D eigenvalue weighted by Gasteiger charge is -2.46. The van der Waals surface area contributed by atoms with E-state index in [-0.39, 0.29) is 5.60 Å². The second-order valence-electron chi connectivity index (χ2n) is 6.09. The summed E-state index contributed by atoms with van der Waals surface area (Å²) < 4.78 is 12.0. The molecule has 1 N–H and O–H groups in total. The number of ether oxygens (including phenoxy) is 2. The van der Waals surface area contributed by atoms with Crippen molar-refractivity contribution in [2.75, 3.05) is 34.3 Å². The minimum atomic E-state index is -0.0143. The Hall–Kier alpha value is -1.26. The number of nitrogens with one attached hydrogen (secondary N) is 1. The zero-order chi connectivity index (χ0) is 14.2. The molecule has 0 aromatic heterocycles. The van der Waals surface area contributed by atoms with Gasteiger partial charge in [0.1, 0.15) is 17.1 Å². The predicted molar refractivity (Wildman–Crippen MR) is 79.5 cm³/mol. The molecule has 2 aliphatic heterocycles. The van der Waals surface area contributed by atoms with Crippen LogP contribution >= 0.6 is 0 Å². The summed E-state index contributed by atoms with van der Waals surface area (Å²) in [6, 6.07) is 6.48. The van der Waals surface area contributed by atoms with E-state index in [0.717, 1.165) is 43.9 Å². The third-order valence-corrected chi connectivity index (χ3v) is 4.61. The van der Waals surface area contributed by atoms with Crippen LogP contribution in [0.3, 0.4) is 0 Å². The summed E-state index contributed by atoms with van der Waals surface area (Å²) in [6.07, 6.45) is 3.19. The first-order chi connectivity index (χ1) is 9.65. The van der Waals surface area contributed by atoms with Crippen LogP contribution in [0.15, 0.2) is 18.2 Å². The van der Waals surface area contributed by atoms with E-state index in [1.165, 1.54) is 5.56 Å². The first kappa shape index (κ1) is 13.7. The van der Waals surface area contributed by atoms with E-state index >= 15 is 0 Å². The summed E-state index contributed by atoms with van der Waals surface area (Å²) in [5.41, 5.74) is 1.18. The highest BCUT2D eigenvalue weighted by molar-refractivity contribution is 5.49. The van der Waals surface area contributed by atoms with E-state index < -0.39 is 0 Å². The summed E-state index contributed by atoms with van der Waals surface area (Å²) >= 11 is 0. The molecule has 1 unspecified atom stereocenters. The van der Waals surface area contributed by atoms with Gasteiger partial charge in [0.05, 0.1) is 12.7 Å².